The SMILES string of the molecule is O=C(CS)Cc1nc(=S)[nH][nH]1. The Morgan fingerprint density at radius 2 is 2.36 bits per heavy atom. The van der Waals surface area contributed by atoms with Crippen LogP contribution in [0, 0.1) is 4.77 Å². The lowest BCUT2D eigenvalue weighted by molar-refractivity contribution is -0.116. The molecule has 0 bridgehead atoms. The molecule has 0 unspecified atom stereocenters. The van der Waals surface area contributed by atoms with Crippen LogP contribution in [-0.2, 0) is 11.2 Å². The monoisotopic (exact) mass is 189 g/mol. The molecule has 1 rings (SSSR count). The van der Waals surface area contributed by atoms with Gasteiger partial charge in [-0.15, -0.1) is 0 Å². The number of hydrogen-bond acceptors (Lipinski definition) is 4. The summed E-state index contributed by atoms with van der Waals surface area (Å²) in [7, 11) is 0. The lowest BCUT2D eigenvalue weighted by Gasteiger charge is -1.89. The van der Waals surface area contributed by atoms with Crippen molar-refractivity contribution in [1.82, 2.24) is 15.2 Å². The second-order valence-electron chi connectivity index (χ2n) is 1.99. The first-order valence-corrected chi connectivity index (χ1v) is 4.02. The third-order valence-corrected chi connectivity index (χ3v) is 1.64. The van der Waals surface area contributed by atoms with Crippen molar-refractivity contribution < 1.29 is 4.79 Å². The quantitative estimate of drug-likeness (QED) is 0.479. The second-order valence-corrected chi connectivity index (χ2v) is 2.69. The van der Waals surface area contributed by atoms with Crippen molar-refractivity contribution in [3.63, 3.8) is 0 Å². The van der Waals surface area contributed by atoms with Crippen molar-refractivity contribution in [1.29, 1.82) is 0 Å². The highest BCUT2D eigenvalue weighted by atomic mass is 32.1. The lowest BCUT2D eigenvalue weighted by atomic mass is 10.3. The average molecular weight is 189 g/mol. The number of ketones is 1. The molecule has 1 heterocycles. The minimum Gasteiger partial charge on any atom is -0.298 e. The molecule has 0 saturated carbocycles. The first kappa shape index (κ1) is 8.48. The zero-order valence-electron chi connectivity index (χ0n) is 5.63. The van der Waals surface area contributed by atoms with Crippen LogP contribution in [0.4, 0.5) is 0 Å². The smallest absolute Gasteiger partial charge is 0.213 e. The van der Waals surface area contributed by atoms with Crippen molar-refractivity contribution in [3.05, 3.63) is 10.6 Å². The van der Waals surface area contributed by atoms with E-state index in [-0.39, 0.29) is 18.0 Å². The van der Waals surface area contributed by atoms with Crippen LogP contribution in [-0.4, -0.2) is 26.7 Å². The van der Waals surface area contributed by atoms with Gasteiger partial charge in [-0.2, -0.15) is 12.6 Å². The normalized spacial score (nSPS) is 9.91. The molecule has 0 aliphatic carbocycles. The van der Waals surface area contributed by atoms with Crippen LogP contribution in [0.15, 0.2) is 0 Å². The number of Topliss-reactive ketones (excluding diaryl/α,β-unsaturated/α-hetero) is 1. The summed E-state index contributed by atoms with van der Waals surface area (Å²) in [6, 6.07) is 0. The Morgan fingerprint density at radius 3 is 2.82 bits per heavy atom. The van der Waals surface area contributed by atoms with Gasteiger partial charge in [0, 0.05) is 5.75 Å². The summed E-state index contributed by atoms with van der Waals surface area (Å²) in [6.07, 6.45) is 0.261. The van der Waals surface area contributed by atoms with Gasteiger partial charge in [0.2, 0.25) is 4.77 Å². The fraction of sp³-hybridized carbons (Fsp3) is 0.400. The van der Waals surface area contributed by atoms with E-state index in [1.807, 2.05) is 0 Å². The molecule has 0 aliphatic heterocycles. The van der Waals surface area contributed by atoms with Crippen LogP contribution in [0.25, 0.3) is 0 Å². The number of carbonyl (C=O) groups is 1. The van der Waals surface area contributed by atoms with E-state index in [4.69, 9.17) is 12.2 Å². The molecule has 0 radical (unpaired) electrons. The van der Waals surface area contributed by atoms with Crippen LogP contribution in [0.1, 0.15) is 5.82 Å². The molecule has 0 aromatic carbocycles. The van der Waals surface area contributed by atoms with Crippen LogP contribution >= 0.6 is 24.8 Å². The fourth-order valence-corrected chi connectivity index (χ4v) is 0.904. The van der Waals surface area contributed by atoms with Crippen molar-refractivity contribution in [3.8, 4) is 0 Å². The van der Waals surface area contributed by atoms with Gasteiger partial charge in [-0.1, -0.05) is 0 Å². The van der Waals surface area contributed by atoms with Crippen LogP contribution < -0.4 is 0 Å². The summed E-state index contributed by atoms with van der Waals surface area (Å²) in [5, 5.41) is 5.28. The number of aromatic nitrogens is 3. The van der Waals surface area contributed by atoms with E-state index >= 15 is 0 Å². The topological polar surface area (TPSA) is 61.5 Å². The molecule has 0 aliphatic rings. The molecule has 0 spiro atoms. The molecule has 1 aromatic heterocycles. The van der Waals surface area contributed by atoms with E-state index in [1.165, 1.54) is 0 Å². The Balaban J connectivity index is 2.65. The summed E-state index contributed by atoms with van der Waals surface area (Å²) in [5.41, 5.74) is 0. The number of nitrogens with one attached hydrogen (secondary N) is 2. The van der Waals surface area contributed by atoms with Gasteiger partial charge in [0.25, 0.3) is 0 Å². The Bertz CT molecular complexity index is 303. The van der Waals surface area contributed by atoms with E-state index in [9.17, 15) is 4.79 Å². The molecule has 11 heavy (non-hydrogen) atoms. The lowest BCUT2D eigenvalue weighted by Crippen LogP contribution is -2.05. The van der Waals surface area contributed by atoms with Gasteiger partial charge >= 0.3 is 0 Å². The average Bonchev–Trinajstić information content (AvgIpc) is 2.35. The number of thiol groups is 1. The van der Waals surface area contributed by atoms with Crippen LogP contribution in [0.5, 0.6) is 0 Å². The molecule has 0 amide bonds. The van der Waals surface area contributed by atoms with Crippen molar-refractivity contribution in [2.45, 2.75) is 6.42 Å². The standard InChI is InChI=1S/C5H7N3OS2/c9-3(2-10)1-4-6-5(11)8-7-4/h10H,1-2H2,(H2,6,7,8,11). The van der Waals surface area contributed by atoms with Gasteiger partial charge in [0.05, 0.1) is 6.42 Å². The predicted molar refractivity (Wildman–Crippen MR) is 46.3 cm³/mol. The minimum atomic E-state index is 0.0195. The molecule has 0 atom stereocenters. The first-order chi connectivity index (χ1) is 5.22. The Labute approximate surface area is 73.8 Å². The second kappa shape index (κ2) is 3.68. The van der Waals surface area contributed by atoms with Gasteiger partial charge in [-0.05, 0) is 12.2 Å². The van der Waals surface area contributed by atoms with E-state index < -0.39 is 0 Å². The maximum atomic E-state index is 10.8. The maximum Gasteiger partial charge on any atom is 0.213 e. The molecule has 2 N–H and O–H groups in total. The van der Waals surface area contributed by atoms with Crippen molar-refractivity contribution in [2.75, 3.05) is 5.75 Å². The summed E-state index contributed by atoms with van der Waals surface area (Å²) in [4.78, 5) is 14.7. The molecular weight excluding hydrogens is 182 g/mol. The fourth-order valence-electron chi connectivity index (χ4n) is 0.630. The van der Waals surface area contributed by atoms with Gasteiger partial charge in [-0.3, -0.25) is 15.0 Å². The first-order valence-electron chi connectivity index (χ1n) is 2.98. The number of aromatic amines is 2. The molecular formula is C5H7N3OS2. The zero-order chi connectivity index (χ0) is 8.27. The predicted octanol–water partition coefficient (Wildman–Crippen LogP) is 0.509. The van der Waals surface area contributed by atoms with Gasteiger partial charge in [-0.25, -0.2) is 4.98 Å². The van der Waals surface area contributed by atoms with Gasteiger partial charge in [0.1, 0.15) is 11.6 Å². The number of H-pyrrole nitrogens is 2. The summed E-state index contributed by atoms with van der Waals surface area (Å²) in [5.74, 6) is 0.813. The van der Waals surface area contributed by atoms with E-state index in [1.54, 1.807) is 0 Å². The van der Waals surface area contributed by atoms with E-state index in [0.29, 0.717) is 10.6 Å². The summed E-state index contributed by atoms with van der Waals surface area (Å²) >= 11 is 8.52. The van der Waals surface area contributed by atoms with Crippen molar-refractivity contribution >= 4 is 30.6 Å². The zero-order valence-corrected chi connectivity index (χ0v) is 7.34. The molecule has 60 valence electrons. The minimum absolute atomic E-state index is 0.0195. The summed E-state index contributed by atoms with van der Waals surface area (Å²) < 4.78 is 0.368. The Hall–Kier alpha value is -0.620. The maximum absolute atomic E-state index is 10.8. The van der Waals surface area contributed by atoms with Crippen LogP contribution in [0.3, 0.4) is 0 Å². The Kier molecular flexibility index (Phi) is 2.84. The molecule has 0 fully saturated rings. The molecule has 0 saturated heterocycles. The third kappa shape index (κ3) is 2.47. The third-order valence-electron chi connectivity index (χ3n) is 1.09. The van der Waals surface area contributed by atoms with Gasteiger partial charge in [0.15, 0.2) is 0 Å². The highest BCUT2D eigenvalue weighted by molar-refractivity contribution is 7.81. The molecule has 4 nitrogen and oxygen atoms in total. The van der Waals surface area contributed by atoms with Crippen molar-refractivity contribution in [2.24, 2.45) is 0 Å². The largest absolute Gasteiger partial charge is 0.298 e. The Morgan fingerprint density at radius 1 is 1.64 bits per heavy atom. The molecule has 6 heteroatoms. The number of carbonyl (C=O) groups excluding carboxylic acids is 1. The van der Waals surface area contributed by atoms with Gasteiger partial charge < -0.3 is 0 Å². The molecule has 1 aromatic rings. The number of nitrogens with zero attached hydrogens (tertiary/aromatic N) is 1. The number of hydrogen-bond donors (Lipinski definition) is 3. The number of rotatable bonds is 3. The van der Waals surface area contributed by atoms with E-state index in [2.05, 4.69) is 27.8 Å². The summed E-state index contributed by atoms with van der Waals surface area (Å²) in [6.45, 7) is 0. The van der Waals surface area contributed by atoms with E-state index in [0.717, 1.165) is 0 Å². The highest BCUT2D eigenvalue weighted by Crippen LogP contribution is 1.91. The van der Waals surface area contributed by atoms with Crippen LogP contribution in [0.2, 0.25) is 0 Å². The highest BCUT2D eigenvalue weighted by Gasteiger charge is 2.02.